The van der Waals surface area contributed by atoms with Crippen LogP contribution in [0.2, 0.25) is 0 Å². The summed E-state index contributed by atoms with van der Waals surface area (Å²) in [6, 6.07) is 4.21. The Labute approximate surface area is 158 Å². The van der Waals surface area contributed by atoms with Crippen LogP contribution in [0.1, 0.15) is 49.9 Å². The third-order valence-corrected chi connectivity index (χ3v) is 3.69. The third-order valence-electron chi connectivity index (χ3n) is 3.69. The summed E-state index contributed by atoms with van der Waals surface area (Å²) in [5.41, 5.74) is 0.327. The van der Waals surface area contributed by atoms with E-state index in [-0.39, 0.29) is 6.61 Å². The highest BCUT2D eigenvalue weighted by Crippen LogP contribution is 2.28. The van der Waals surface area contributed by atoms with Crippen molar-refractivity contribution in [3.05, 3.63) is 23.8 Å². The summed E-state index contributed by atoms with van der Waals surface area (Å²) in [4.78, 5) is 12.2. The lowest BCUT2D eigenvalue weighted by atomic mass is 10.1. The second kappa shape index (κ2) is 11.7. The summed E-state index contributed by atoms with van der Waals surface area (Å²) in [5, 5.41) is 2.59. The second-order valence-corrected chi connectivity index (χ2v) is 6.28. The minimum absolute atomic E-state index is 0.235. The Morgan fingerprint density at radius 2 is 1.93 bits per heavy atom. The summed E-state index contributed by atoms with van der Waals surface area (Å²) in [6.07, 6.45) is -0.0526. The number of carbonyl (C=O) groups is 1. The van der Waals surface area contributed by atoms with Crippen molar-refractivity contribution in [3.8, 4) is 11.5 Å². The molecule has 0 aliphatic heterocycles. The van der Waals surface area contributed by atoms with Gasteiger partial charge in [-0.1, -0.05) is 26.2 Å². The average Bonchev–Trinajstić information content (AvgIpc) is 2.60. The van der Waals surface area contributed by atoms with E-state index >= 15 is 0 Å². The molecule has 0 saturated carbocycles. The predicted octanol–water partition coefficient (Wildman–Crippen LogP) is 4.35. The van der Waals surface area contributed by atoms with Crippen molar-refractivity contribution in [1.29, 1.82) is 0 Å². The highest BCUT2D eigenvalue weighted by atomic mass is 19.4. The molecule has 1 rings (SSSR count). The molecule has 1 aromatic carbocycles. The fourth-order valence-electron chi connectivity index (χ4n) is 2.34. The molecule has 154 valence electrons. The van der Waals surface area contributed by atoms with Crippen molar-refractivity contribution >= 4 is 5.91 Å². The number of methoxy groups -OCH3 is 1. The lowest BCUT2D eigenvalue weighted by molar-refractivity contribution is -0.174. The molecule has 0 heterocycles. The van der Waals surface area contributed by atoms with Gasteiger partial charge in [0.25, 0.3) is 5.91 Å². The number of amides is 1. The van der Waals surface area contributed by atoms with E-state index in [1.807, 2.05) is 0 Å². The summed E-state index contributed by atoms with van der Waals surface area (Å²) in [5.74, 6) is 0.553. The third kappa shape index (κ3) is 9.51. The van der Waals surface area contributed by atoms with Crippen molar-refractivity contribution in [2.24, 2.45) is 0 Å². The molecule has 0 spiro atoms. The minimum Gasteiger partial charge on any atom is -0.493 e. The Bertz CT molecular complexity index is 579. The van der Waals surface area contributed by atoms with Gasteiger partial charge < -0.3 is 19.5 Å². The maximum atomic E-state index is 12.2. The van der Waals surface area contributed by atoms with Crippen LogP contribution in [0.25, 0.3) is 0 Å². The molecular formula is C19H28F3NO4. The quantitative estimate of drug-likeness (QED) is 0.538. The van der Waals surface area contributed by atoms with Gasteiger partial charge in [0.2, 0.25) is 0 Å². The lowest BCUT2D eigenvalue weighted by Gasteiger charge is -2.16. The molecule has 27 heavy (non-hydrogen) atoms. The molecule has 1 N–H and O–H groups in total. The molecule has 0 aliphatic rings. The van der Waals surface area contributed by atoms with E-state index in [4.69, 9.17) is 9.47 Å². The first kappa shape index (κ1) is 23.1. The number of nitrogens with one attached hydrogen (secondary N) is 1. The normalized spacial score (nSPS) is 12.5. The molecule has 0 bridgehead atoms. The first-order valence-electron chi connectivity index (χ1n) is 9.03. The van der Waals surface area contributed by atoms with Crippen molar-refractivity contribution in [2.75, 3.05) is 26.9 Å². The molecule has 0 radical (unpaired) electrons. The largest absolute Gasteiger partial charge is 0.493 e. The van der Waals surface area contributed by atoms with E-state index < -0.39 is 24.7 Å². The van der Waals surface area contributed by atoms with Crippen LogP contribution in [-0.2, 0) is 4.74 Å². The van der Waals surface area contributed by atoms with Crippen LogP contribution in [0.4, 0.5) is 13.2 Å². The van der Waals surface area contributed by atoms with Crippen LogP contribution in [0.5, 0.6) is 11.5 Å². The summed E-state index contributed by atoms with van der Waals surface area (Å²) in [7, 11) is 1.48. The SMILES string of the molecule is CCCCCCOc1ccc(C(=O)NC(C)COCC(F)(F)F)cc1OC. The summed E-state index contributed by atoms with van der Waals surface area (Å²) >= 11 is 0. The summed E-state index contributed by atoms with van der Waals surface area (Å²) < 4.78 is 51.7. The molecule has 0 aromatic heterocycles. The predicted molar refractivity (Wildman–Crippen MR) is 96.4 cm³/mol. The number of hydrogen-bond donors (Lipinski definition) is 1. The standard InChI is InChI=1S/C19H28F3NO4/c1-4-5-6-7-10-27-16-9-8-15(11-17(16)25-3)18(24)23-14(2)12-26-13-19(20,21)22/h8-9,11,14H,4-7,10,12-13H2,1-3H3,(H,23,24). The molecule has 8 heteroatoms. The molecule has 1 unspecified atom stereocenters. The monoisotopic (exact) mass is 391 g/mol. The van der Waals surface area contributed by atoms with Crippen LogP contribution in [0.3, 0.4) is 0 Å². The molecular weight excluding hydrogens is 363 g/mol. The van der Waals surface area contributed by atoms with Gasteiger partial charge in [-0.25, -0.2) is 0 Å². The van der Waals surface area contributed by atoms with Gasteiger partial charge in [0.15, 0.2) is 11.5 Å². The number of alkyl halides is 3. The minimum atomic E-state index is -4.39. The number of rotatable bonds is 12. The summed E-state index contributed by atoms with van der Waals surface area (Å²) in [6.45, 7) is 2.69. The molecule has 0 aliphatic carbocycles. The van der Waals surface area contributed by atoms with E-state index in [0.29, 0.717) is 23.7 Å². The van der Waals surface area contributed by atoms with Crippen molar-refractivity contribution in [3.63, 3.8) is 0 Å². The van der Waals surface area contributed by atoms with E-state index in [1.165, 1.54) is 7.11 Å². The van der Waals surface area contributed by atoms with Gasteiger partial charge in [0.05, 0.1) is 20.3 Å². The smallest absolute Gasteiger partial charge is 0.411 e. The van der Waals surface area contributed by atoms with Gasteiger partial charge in [-0.15, -0.1) is 0 Å². The maximum absolute atomic E-state index is 12.2. The van der Waals surface area contributed by atoms with E-state index in [9.17, 15) is 18.0 Å². The van der Waals surface area contributed by atoms with Crippen molar-refractivity contribution in [1.82, 2.24) is 5.32 Å². The number of hydrogen-bond acceptors (Lipinski definition) is 4. The topological polar surface area (TPSA) is 56.8 Å². The van der Waals surface area contributed by atoms with E-state index in [1.54, 1.807) is 25.1 Å². The van der Waals surface area contributed by atoms with E-state index in [0.717, 1.165) is 25.7 Å². The van der Waals surface area contributed by atoms with Crippen molar-refractivity contribution < 1.29 is 32.2 Å². The average molecular weight is 391 g/mol. The molecule has 1 atom stereocenters. The Balaban J connectivity index is 2.54. The zero-order valence-electron chi connectivity index (χ0n) is 16.0. The highest BCUT2D eigenvalue weighted by molar-refractivity contribution is 5.95. The van der Waals surface area contributed by atoms with Crippen LogP contribution in [0.15, 0.2) is 18.2 Å². The molecule has 5 nitrogen and oxygen atoms in total. The zero-order valence-corrected chi connectivity index (χ0v) is 16.0. The fourth-order valence-corrected chi connectivity index (χ4v) is 2.34. The second-order valence-electron chi connectivity index (χ2n) is 6.28. The van der Waals surface area contributed by atoms with Gasteiger partial charge >= 0.3 is 6.18 Å². The highest BCUT2D eigenvalue weighted by Gasteiger charge is 2.27. The lowest BCUT2D eigenvalue weighted by Crippen LogP contribution is -2.36. The molecule has 0 fully saturated rings. The molecule has 1 aromatic rings. The van der Waals surface area contributed by atoms with Crippen LogP contribution in [-0.4, -0.2) is 45.1 Å². The van der Waals surface area contributed by atoms with Gasteiger partial charge in [0, 0.05) is 11.6 Å². The Morgan fingerprint density at radius 1 is 1.19 bits per heavy atom. The Hall–Kier alpha value is -1.96. The zero-order chi connectivity index (χ0) is 20.3. The molecule has 0 saturated heterocycles. The Morgan fingerprint density at radius 3 is 2.56 bits per heavy atom. The number of halogens is 3. The Kier molecular flexibility index (Phi) is 9.99. The number of ether oxygens (including phenoxy) is 3. The number of benzene rings is 1. The number of unbranched alkanes of at least 4 members (excludes halogenated alkanes) is 3. The fraction of sp³-hybridized carbons (Fsp3) is 0.632. The van der Waals surface area contributed by atoms with Gasteiger partial charge in [0.1, 0.15) is 6.61 Å². The van der Waals surface area contributed by atoms with Gasteiger partial charge in [-0.2, -0.15) is 13.2 Å². The van der Waals surface area contributed by atoms with Crippen LogP contribution >= 0.6 is 0 Å². The van der Waals surface area contributed by atoms with Crippen LogP contribution in [0, 0.1) is 0 Å². The first-order valence-corrected chi connectivity index (χ1v) is 9.03. The van der Waals surface area contributed by atoms with Gasteiger partial charge in [-0.05, 0) is 31.5 Å². The molecule has 1 amide bonds. The van der Waals surface area contributed by atoms with E-state index in [2.05, 4.69) is 17.0 Å². The van der Waals surface area contributed by atoms with Gasteiger partial charge in [-0.3, -0.25) is 4.79 Å². The number of carbonyl (C=O) groups excluding carboxylic acids is 1. The first-order chi connectivity index (χ1) is 12.8. The van der Waals surface area contributed by atoms with Crippen molar-refractivity contribution in [2.45, 2.75) is 51.7 Å². The maximum Gasteiger partial charge on any atom is 0.411 e. The van der Waals surface area contributed by atoms with Crippen LogP contribution < -0.4 is 14.8 Å².